The van der Waals surface area contributed by atoms with Crippen molar-refractivity contribution in [3.63, 3.8) is 0 Å². The smallest absolute Gasteiger partial charge is 0.221 e. The number of carbonyl (C=O) groups excluding carboxylic acids is 1. The van der Waals surface area contributed by atoms with Gasteiger partial charge in [-0.25, -0.2) is 0 Å². The van der Waals surface area contributed by atoms with E-state index in [0.717, 1.165) is 32.1 Å². The van der Waals surface area contributed by atoms with Crippen LogP contribution in [-0.2, 0) is 4.79 Å². The second-order valence-corrected chi connectivity index (χ2v) is 6.36. The van der Waals surface area contributed by atoms with Crippen LogP contribution < -0.4 is 10.6 Å². The van der Waals surface area contributed by atoms with Crippen molar-refractivity contribution >= 4 is 5.91 Å². The molecule has 0 saturated carbocycles. The zero-order chi connectivity index (χ0) is 13.6. The lowest BCUT2D eigenvalue weighted by Gasteiger charge is -2.34. The number of nitrogens with zero attached hydrogens (tertiary/aromatic N) is 1. The van der Waals surface area contributed by atoms with Crippen LogP contribution in [0.15, 0.2) is 0 Å². The van der Waals surface area contributed by atoms with Gasteiger partial charge in [-0.05, 0) is 52.6 Å². The van der Waals surface area contributed by atoms with Crippen molar-refractivity contribution in [3.05, 3.63) is 0 Å². The van der Waals surface area contributed by atoms with Crippen LogP contribution in [0.25, 0.3) is 0 Å². The Balaban J connectivity index is 2.26. The molecule has 1 amide bonds. The first-order valence-electron chi connectivity index (χ1n) is 7.08. The van der Waals surface area contributed by atoms with Crippen LogP contribution in [0.3, 0.4) is 0 Å². The van der Waals surface area contributed by atoms with Gasteiger partial charge in [0, 0.05) is 32.1 Å². The second kappa shape index (κ2) is 7.10. The molecule has 106 valence electrons. The third-order valence-corrected chi connectivity index (χ3v) is 3.46. The molecule has 1 heterocycles. The summed E-state index contributed by atoms with van der Waals surface area (Å²) in [6, 6.07) is 0. The van der Waals surface area contributed by atoms with Gasteiger partial charge < -0.3 is 15.5 Å². The number of hydrogen-bond donors (Lipinski definition) is 2. The molecule has 0 aromatic rings. The summed E-state index contributed by atoms with van der Waals surface area (Å²) in [5.74, 6) is 0.868. The van der Waals surface area contributed by atoms with Gasteiger partial charge in [0.2, 0.25) is 5.91 Å². The normalized spacial score (nSPS) is 21.9. The van der Waals surface area contributed by atoms with Crippen LogP contribution in [0.2, 0.25) is 0 Å². The summed E-state index contributed by atoms with van der Waals surface area (Å²) >= 11 is 0. The molecule has 0 aromatic carbocycles. The highest BCUT2D eigenvalue weighted by Crippen LogP contribution is 2.16. The van der Waals surface area contributed by atoms with E-state index >= 15 is 0 Å². The number of likely N-dealkylation sites (tertiary alicyclic amines) is 1. The summed E-state index contributed by atoms with van der Waals surface area (Å²) in [4.78, 5) is 13.7. The standard InChI is InChI=1S/C14H29N3O/c1-14(2,3)16-10-12-6-5-8-17(11-12)9-7-13(18)15-4/h12,16H,5-11H2,1-4H3,(H,15,18). The van der Waals surface area contributed by atoms with E-state index in [9.17, 15) is 4.79 Å². The summed E-state index contributed by atoms with van der Waals surface area (Å²) in [6.07, 6.45) is 3.18. The highest BCUT2D eigenvalue weighted by Gasteiger charge is 2.21. The first-order valence-corrected chi connectivity index (χ1v) is 7.08. The van der Waals surface area contributed by atoms with Gasteiger partial charge in [0.1, 0.15) is 0 Å². The van der Waals surface area contributed by atoms with Crippen LogP contribution in [0.1, 0.15) is 40.0 Å². The molecule has 2 N–H and O–H groups in total. The van der Waals surface area contributed by atoms with Crippen LogP contribution in [0, 0.1) is 5.92 Å². The highest BCUT2D eigenvalue weighted by molar-refractivity contribution is 5.75. The van der Waals surface area contributed by atoms with Gasteiger partial charge in [-0.1, -0.05) is 0 Å². The van der Waals surface area contributed by atoms with E-state index in [1.54, 1.807) is 7.05 Å². The van der Waals surface area contributed by atoms with E-state index in [1.165, 1.54) is 12.8 Å². The SMILES string of the molecule is CNC(=O)CCN1CCCC(CNC(C)(C)C)C1. The lowest BCUT2D eigenvalue weighted by atomic mass is 9.96. The fourth-order valence-electron chi connectivity index (χ4n) is 2.36. The summed E-state index contributed by atoms with van der Waals surface area (Å²) in [6.45, 7) is 10.9. The van der Waals surface area contributed by atoms with Crippen molar-refractivity contribution in [1.29, 1.82) is 0 Å². The molecule has 0 aliphatic carbocycles. The number of rotatable bonds is 5. The predicted molar refractivity (Wildman–Crippen MR) is 75.6 cm³/mol. The molecule has 0 bridgehead atoms. The van der Waals surface area contributed by atoms with Gasteiger partial charge in [0.05, 0.1) is 0 Å². The van der Waals surface area contributed by atoms with Gasteiger partial charge in [0.15, 0.2) is 0 Å². The lowest BCUT2D eigenvalue weighted by molar-refractivity contribution is -0.121. The van der Waals surface area contributed by atoms with Crippen molar-refractivity contribution in [2.45, 2.75) is 45.6 Å². The summed E-state index contributed by atoms with van der Waals surface area (Å²) in [5, 5.41) is 6.27. The van der Waals surface area contributed by atoms with E-state index in [1.807, 2.05) is 0 Å². The first kappa shape index (κ1) is 15.4. The monoisotopic (exact) mass is 255 g/mol. The molecule has 1 saturated heterocycles. The quantitative estimate of drug-likeness (QED) is 0.776. The van der Waals surface area contributed by atoms with Crippen molar-refractivity contribution < 1.29 is 4.79 Å². The average Bonchev–Trinajstić information content (AvgIpc) is 2.33. The molecular weight excluding hydrogens is 226 g/mol. The Morgan fingerprint density at radius 2 is 2.11 bits per heavy atom. The number of carbonyl (C=O) groups is 1. The third kappa shape index (κ3) is 6.36. The van der Waals surface area contributed by atoms with Gasteiger partial charge in [-0.3, -0.25) is 4.79 Å². The predicted octanol–water partition coefficient (Wildman–Crippen LogP) is 1.22. The average molecular weight is 255 g/mol. The molecule has 1 atom stereocenters. The molecule has 1 aliphatic rings. The Labute approximate surface area is 111 Å². The molecule has 1 rings (SSSR count). The number of amides is 1. The number of piperidine rings is 1. The minimum atomic E-state index is 0.143. The number of nitrogens with one attached hydrogen (secondary N) is 2. The second-order valence-electron chi connectivity index (χ2n) is 6.36. The molecule has 4 heteroatoms. The fourth-order valence-corrected chi connectivity index (χ4v) is 2.36. The topological polar surface area (TPSA) is 44.4 Å². The molecule has 0 aromatic heterocycles. The van der Waals surface area contributed by atoms with Crippen molar-refractivity contribution in [3.8, 4) is 0 Å². The molecule has 1 unspecified atom stereocenters. The Morgan fingerprint density at radius 1 is 1.39 bits per heavy atom. The third-order valence-electron chi connectivity index (χ3n) is 3.46. The van der Waals surface area contributed by atoms with Crippen LogP contribution in [-0.4, -0.2) is 49.6 Å². The lowest BCUT2D eigenvalue weighted by Crippen LogP contribution is -2.45. The molecule has 0 radical (unpaired) electrons. The molecular formula is C14H29N3O. The Kier molecular flexibility index (Phi) is 6.09. The summed E-state index contributed by atoms with van der Waals surface area (Å²) < 4.78 is 0. The van der Waals surface area contributed by atoms with Crippen LogP contribution in [0.5, 0.6) is 0 Å². The van der Waals surface area contributed by atoms with E-state index in [2.05, 4.69) is 36.3 Å². The molecule has 1 fully saturated rings. The van der Waals surface area contributed by atoms with Crippen molar-refractivity contribution in [2.75, 3.05) is 33.2 Å². The van der Waals surface area contributed by atoms with E-state index in [4.69, 9.17) is 0 Å². The van der Waals surface area contributed by atoms with E-state index in [-0.39, 0.29) is 11.4 Å². The Bertz CT molecular complexity index is 260. The molecule has 4 nitrogen and oxygen atoms in total. The van der Waals surface area contributed by atoms with Crippen molar-refractivity contribution in [1.82, 2.24) is 15.5 Å². The number of hydrogen-bond acceptors (Lipinski definition) is 3. The zero-order valence-corrected chi connectivity index (χ0v) is 12.4. The van der Waals surface area contributed by atoms with E-state index < -0.39 is 0 Å². The molecule has 1 aliphatic heterocycles. The maximum absolute atomic E-state index is 11.2. The minimum absolute atomic E-state index is 0.143. The minimum Gasteiger partial charge on any atom is -0.359 e. The van der Waals surface area contributed by atoms with Gasteiger partial charge in [0.25, 0.3) is 0 Å². The Hall–Kier alpha value is -0.610. The van der Waals surface area contributed by atoms with E-state index in [0.29, 0.717) is 6.42 Å². The van der Waals surface area contributed by atoms with Gasteiger partial charge in [-0.2, -0.15) is 0 Å². The van der Waals surface area contributed by atoms with Gasteiger partial charge >= 0.3 is 0 Å². The fraction of sp³-hybridized carbons (Fsp3) is 0.929. The molecule has 18 heavy (non-hydrogen) atoms. The summed E-state index contributed by atoms with van der Waals surface area (Å²) in [7, 11) is 1.70. The van der Waals surface area contributed by atoms with Gasteiger partial charge in [-0.15, -0.1) is 0 Å². The van der Waals surface area contributed by atoms with Crippen LogP contribution in [0.4, 0.5) is 0 Å². The maximum atomic E-state index is 11.2. The Morgan fingerprint density at radius 3 is 2.72 bits per heavy atom. The zero-order valence-electron chi connectivity index (χ0n) is 12.4. The molecule has 0 spiro atoms. The first-order chi connectivity index (χ1) is 8.40. The van der Waals surface area contributed by atoms with Crippen molar-refractivity contribution in [2.24, 2.45) is 5.92 Å². The summed E-state index contributed by atoms with van der Waals surface area (Å²) in [5.41, 5.74) is 0.199. The van der Waals surface area contributed by atoms with Crippen LogP contribution >= 0.6 is 0 Å². The largest absolute Gasteiger partial charge is 0.359 e. The maximum Gasteiger partial charge on any atom is 0.221 e. The highest BCUT2D eigenvalue weighted by atomic mass is 16.1.